The van der Waals surface area contributed by atoms with Crippen LogP contribution in [0.1, 0.15) is 29.7 Å². The van der Waals surface area contributed by atoms with Gasteiger partial charge in [-0.25, -0.2) is 0 Å². The van der Waals surface area contributed by atoms with Crippen LogP contribution >= 0.6 is 0 Å². The van der Waals surface area contributed by atoms with Crippen LogP contribution < -0.4 is 16.0 Å². The van der Waals surface area contributed by atoms with E-state index in [2.05, 4.69) is 17.6 Å². The van der Waals surface area contributed by atoms with Gasteiger partial charge in [0, 0.05) is 16.9 Å². The maximum atomic E-state index is 13.0. The molecule has 0 fully saturated rings. The number of aryl methyl sites for hydroxylation is 2. The van der Waals surface area contributed by atoms with E-state index in [0.29, 0.717) is 0 Å². The van der Waals surface area contributed by atoms with Crippen molar-refractivity contribution in [3.63, 3.8) is 0 Å². The number of para-hydroxylation sites is 1. The maximum Gasteiger partial charge on any atom is 0.287 e. The lowest BCUT2D eigenvalue weighted by atomic mass is 10.1. The second-order valence-electron chi connectivity index (χ2n) is 7.24. The molecule has 2 amide bonds. The Morgan fingerprint density at radius 3 is 2.23 bits per heavy atom. The Balaban J connectivity index is 1.69. The van der Waals surface area contributed by atoms with Gasteiger partial charge in [-0.15, -0.1) is 0 Å². The molecule has 0 aliphatic rings. The topological polar surface area (TPSA) is 74.8 Å². The van der Waals surface area contributed by atoms with Crippen LogP contribution in [0.2, 0.25) is 0 Å². The molecule has 0 heterocycles. The standard InChI is InChI=1S/C25H27N3O2/c1-3-19-9-7-8-12-22(19)28-23(29)17-26-24(20-10-5-4-6-11-20)25(30)27-21-15-13-18(2)14-16-21/h4-16,24,26H,3,17H2,1-2H3,(H,27,30)(H,28,29)/p+1/t24-/m0/s1. The van der Waals surface area contributed by atoms with Crippen molar-refractivity contribution in [3.05, 3.63) is 95.6 Å². The summed E-state index contributed by atoms with van der Waals surface area (Å²) in [4.78, 5) is 25.6. The molecule has 5 heteroatoms. The number of nitrogens with one attached hydrogen (secondary N) is 2. The molecule has 0 radical (unpaired) electrons. The first-order chi connectivity index (χ1) is 14.6. The Hall–Kier alpha value is -3.44. The lowest BCUT2D eigenvalue weighted by Crippen LogP contribution is -2.89. The normalized spacial score (nSPS) is 11.5. The molecule has 4 N–H and O–H groups in total. The minimum atomic E-state index is -0.528. The predicted molar refractivity (Wildman–Crippen MR) is 120 cm³/mol. The third kappa shape index (κ3) is 5.78. The van der Waals surface area contributed by atoms with E-state index in [1.54, 1.807) is 5.32 Å². The summed E-state index contributed by atoms with van der Waals surface area (Å²) in [5.74, 6) is -0.299. The average Bonchev–Trinajstić information content (AvgIpc) is 2.76. The fourth-order valence-corrected chi connectivity index (χ4v) is 3.29. The van der Waals surface area contributed by atoms with Crippen molar-refractivity contribution in [1.82, 2.24) is 0 Å². The van der Waals surface area contributed by atoms with Gasteiger partial charge in [-0.1, -0.05) is 73.2 Å². The van der Waals surface area contributed by atoms with E-state index in [-0.39, 0.29) is 18.4 Å². The zero-order chi connectivity index (χ0) is 21.3. The number of amides is 2. The van der Waals surface area contributed by atoms with Gasteiger partial charge in [-0.05, 0) is 37.1 Å². The summed E-state index contributed by atoms with van der Waals surface area (Å²) in [5.41, 5.74) is 4.62. The van der Waals surface area contributed by atoms with Gasteiger partial charge in [0.25, 0.3) is 11.8 Å². The molecular formula is C25H28N3O2+. The summed E-state index contributed by atoms with van der Waals surface area (Å²) >= 11 is 0. The summed E-state index contributed by atoms with van der Waals surface area (Å²) < 4.78 is 0. The third-order valence-electron chi connectivity index (χ3n) is 4.97. The number of carbonyl (C=O) groups is 2. The first-order valence-electron chi connectivity index (χ1n) is 10.2. The Kier molecular flexibility index (Phi) is 7.35. The highest BCUT2D eigenvalue weighted by atomic mass is 16.2. The van der Waals surface area contributed by atoms with Gasteiger partial charge in [0.15, 0.2) is 12.6 Å². The second kappa shape index (κ2) is 10.4. The van der Waals surface area contributed by atoms with Crippen LogP contribution in [0.3, 0.4) is 0 Å². The molecule has 0 bridgehead atoms. The molecule has 1 atom stereocenters. The van der Waals surface area contributed by atoms with E-state index in [1.165, 1.54) is 0 Å². The van der Waals surface area contributed by atoms with Gasteiger partial charge >= 0.3 is 0 Å². The Labute approximate surface area is 177 Å². The summed E-state index contributed by atoms with van der Waals surface area (Å²) in [5, 5.41) is 7.69. The van der Waals surface area contributed by atoms with Crippen molar-refractivity contribution < 1.29 is 14.9 Å². The van der Waals surface area contributed by atoms with Crippen molar-refractivity contribution in [2.24, 2.45) is 0 Å². The number of hydrogen-bond donors (Lipinski definition) is 3. The average molecular weight is 403 g/mol. The summed E-state index contributed by atoms with van der Waals surface area (Å²) in [6, 6.07) is 24.4. The van der Waals surface area contributed by atoms with Crippen LogP contribution in [-0.2, 0) is 16.0 Å². The van der Waals surface area contributed by atoms with Gasteiger partial charge in [0.05, 0.1) is 0 Å². The van der Waals surface area contributed by atoms with Crippen molar-refractivity contribution >= 4 is 23.2 Å². The summed E-state index contributed by atoms with van der Waals surface area (Å²) in [6.07, 6.45) is 0.839. The van der Waals surface area contributed by atoms with Crippen molar-refractivity contribution in [2.75, 3.05) is 17.2 Å². The van der Waals surface area contributed by atoms with Gasteiger partial charge in [-0.2, -0.15) is 0 Å². The highest BCUT2D eigenvalue weighted by molar-refractivity contribution is 5.95. The first-order valence-corrected chi connectivity index (χ1v) is 10.2. The lowest BCUT2D eigenvalue weighted by molar-refractivity contribution is -0.671. The van der Waals surface area contributed by atoms with Crippen LogP contribution in [0.4, 0.5) is 11.4 Å². The lowest BCUT2D eigenvalue weighted by Gasteiger charge is -2.16. The largest absolute Gasteiger partial charge is 0.324 e. The molecule has 30 heavy (non-hydrogen) atoms. The summed E-state index contributed by atoms with van der Waals surface area (Å²) in [6.45, 7) is 4.19. The van der Waals surface area contributed by atoms with E-state index in [4.69, 9.17) is 0 Å². The zero-order valence-corrected chi connectivity index (χ0v) is 17.4. The number of nitrogens with two attached hydrogens (primary N) is 1. The van der Waals surface area contributed by atoms with E-state index in [9.17, 15) is 9.59 Å². The van der Waals surface area contributed by atoms with Crippen LogP contribution in [-0.4, -0.2) is 18.4 Å². The molecular weight excluding hydrogens is 374 g/mol. The van der Waals surface area contributed by atoms with Crippen LogP contribution in [0, 0.1) is 6.92 Å². The molecule has 3 aromatic carbocycles. The first kappa shape index (κ1) is 21.3. The molecule has 3 aromatic rings. The summed E-state index contributed by atoms with van der Waals surface area (Å²) in [7, 11) is 0. The van der Waals surface area contributed by atoms with Crippen molar-refractivity contribution in [3.8, 4) is 0 Å². The third-order valence-corrected chi connectivity index (χ3v) is 4.97. The highest BCUT2D eigenvalue weighted by Crippen LogP contribution is 2.16. The van der Waals surface area contributed by atoms with E-state index >= 15 is 0 Å². The number of carbonyl (C=O) groups excluding carboxylic acids is 2. The number of hydrogen-bond acceptors (Lipinski definition) is 2. The predicted octanol–water partition coefficient (Wildman–Crippen LogP) is 3.44. The second-order valence-corrected chi connectivity index (χ2v) is 7.24. The van der Waals surface area contributed by atoms with Gasteiger partial charge in [-0.3, -0.25) is 9.59 Å². The van der Waals surface area contributed by atoms with E-state index < -0.39 is 6.04 Å². The van der Waals surface area contributed by atoms with Crippen molar-refractivity contribution in [2.45, 2.75) is 26.3 Å². The molecule has 0 unspecified atom stereocenters. The Morgan fingerprint density at radius 1 is 0.867 bits per heavy atom. The number of benzene rings is 3. The van der Waals surface area contributed by atoms with Crippen molar-refractivity contribution in [1.29, 1.82) is 0 Å². The highest BCUT2D eigenvalue weighted by Gasteiger charge is 2.25. The molecule has 0 aliphatic heterocycles. The van der Waals surface area contributed by atoms with E-state index in [0.717, 1.165) is 34.5 Å². The molecule has 3 rings (SSSR count). The monoisotopic (exact) mass is 402 g/mol. The molecule has 154 valence electrons. The fraction of sp³-hybridized carbons (Fsp3) is 0.200. The smallest absolute Gasteiger partial charge is 0.287 e. The zero-order valence-electron chi connectivity index (χ0n) is 17.4. The van der Waals surface area contributed by atoms with Gasteiger partial charge in [0.2, 0.25) is 0 Å². The number of rotatable bonds is 8. The fourth-order valence-electron chi connectivity index (χ4n) is 3.29. The molecule has 0 aliphatic carbocycles. The van der Waals surface area contributed by atoms with Gasteiger partial charge in [0.1, 0.15) is 0 Å². The Morgan fingerprint density at radius 2 is 1.53 bits per heavy atom. The minimum absolute atomic E-state index is 0.138. The van der Waals surface area contributed by atoms with Crippen LogP contribution in [0.15, 0.2) is 78.9 Å². The molecule has 0 saturated carbocycles. The minimum Gasteiger partial charge on any atom is -0.324 e. The SMILES string of the molecule is CCc1ccccc1NC(=O)C[NH2+][C@H](C(=O)Nc1ccc(C)cc1)c1ccccc1. The quantitative estimate of drug-likeness (QED) is 0.540. The number of anilines is 2. The molecule has 0 spiro atoms. The number of quaternary nitrogens is 1. The molecule has 5 nitrogen and oxygen atoms in total. The van der Waals surface area contributed by atoms with E-state index in [1.807, 2.05) is 85.8 Å². The van der Waals surface area contributed by atoms with Crippen LogP contribution in [0.25, 0.3) is 0 Å². The van der Waals surface area contributed by atoms with Gasteiger partial charge < -0.3 is 16.0 Å². The van der Waals surface area contributed by atoms with Crippen LogP contribution in [0.5, 0.6) is 0 Å². The molecule has 0 aromatic heterocycles. The molecule has 0 saturated heterocycles. The maximum absolute atomic E-state index is 13.0. The Bertz CT molecular complexity index is 985.